The number of benzene rings is 2. The molecule has 5 heteroatoms. The summed E-state index contributed by atoms with van der Waals surface area (Å²) in [4.78, 5) is 0. The van der Waals surface area contributed by atoms with E-state index in [9.17, 15) is 4.39 Å². The molecule has 0 aliphatic rings. The van der Waals surface area contributed by atoms with Gasteiger partial charge >= 0.3 is 0 Å². The number of nitrogens with two attached hydrogens (primary N) is 2. The van der Waals surface area contributed by atoms with Gasteiger partial charge < -0.3 is 10.5 Å². The molecule has 0 aliphatic heterocycles. The average molecular weight is 261 g/mol. The minimum atomic E-state index is -0.435. The molecule has 2 rings (SSSR count). The van der Waals surface area contributed by atoms with Crippen molar-refractivity contribution in [2.24, 2.45) is 5.84 Å². The maximum Gasteiger partial charge on any atom is 0.165 e. The lowest BCUT2D eigenvalue weighted by Crippen LogP contribution is -2.29. The Balaban J connectivity index is 2.43. The third-order valence-corrected chi connectivity index (χ3v) is 2.98. The highest BCUT2D eigenvalue weighted by Gasteiger charge is 2.16. The molecule has 0 aliphatic carbocycles. The van der Waals surface area contributed by atoms with E-state index in [0.717, 1.165) is 5.56 Å². The van der Waals surface area contributed by atoms with Crippen molar-refractivity contribution in [3.05, 3.63) is 59.4 Å². The van der Waals surface area contributed by atoms with Gasteiger partial charge in [-0.1, -0.05) is 24.3 Å². The number of nitrogens with one attached hydrogen (secondary N) is 1. The van der Waals surface area contributed by atoms with Crippen LogP contribution in [-0.4, -0.2) is 7.11 Å². The number of rotatable bonds is 4. The van der Waals surface area contributed by atoms with Gasteiger partial charge in [0.25, 0.3) is 0 Å². The second-order valence-electron chi connectivity index (χ2n) is 4.12. The third kappa shape index (κ3) is 2.67. The molecule has 0 bridgehead atoms. The second-order valence-corrected chi connectivity index (χ2v) is 4.12. The van der Waals surface area contributed by atoms with Crippen LogP contribution in [0.15, 0.2) is 42.5 Å². The Morgan fingerprint density at radius 2 is 1.95 bits per heavy atom. The van der Waals surface area contributed by atoms with E-state index in [2.05, 4.69) is 5.43 Å². The molecule has 0 heterocycles. The van der Waals surface area contributed by atoms with E-state index in [1.54, 1.807) is 18.2 Å². The number of ether oxygens (including phenoxy) is 1. The molecule has 2 aromatic carbocycles. The van der Waals surface area contributed by atoms with Crippen LogP contribution in [0.4, 0.5) is 10.1 Å². The van der Waals surface area contributed by atoms with Gasteiger partial charge in [0, 0.05) is 5.69 Å². The highest BCUT2D eigenvalue weighted by atomic mass is 19.1. The molecule has 1 unspecified atom stereocenters. The summed E-state index contributed by atoms with van der Waals surface area (Å²) in [5, 5.41) is 0. The van der Waals surface area contributed by atoms with Gasteiger partial charge in [0.15, 0.2) is 11.6 Å². The van der Waals surface area contributed by atoms with Crippen LogP contribution in [0, 0.1) is 5.82 Å². The van der Waals surface area contributed by atoms with E-state index in [4.69, 9.17) is 16.3 Å². The van der Waals surface area contributed by atoms with E-state index in [1.165, 1.54) is 13.2 Å². The normalized spacial score (nSPS) is 12.2. The number of hydrogen-bond acceptors (Lipinski definition) is 4. The van der Waals surface area contributed by atoms with E-state index in [-0.39, 0.29) is 11.8 Å². The fourth-order valence-electron chi connectivity index (χ4n) is 2.00. The van der Waals surface area contributed by atoms with Crippen molar-refractivity contribution in [3.8, 4) is 5.75 Å². The standard InChI is InChI=1S/C14H16FN3O/c1-19-13-7-6-9(8-11(13)15)14(18-17)10-4-2-3-5-12(10)16/h2-8,14,18H,16-17H2,1H3. The lowest BCUT2D eigenvalue weighted by Gasteiger charge is -2.19. The fraction of sp³-hybridized carbons (Fsp3) is 0.143. The summed E-state index contributed by atoms with van der Waals surface area (Å²) in [6.07, 6.45) is 0. The fourth-order valence-corrected chi connectivity index (χ4v) is 2.00. The molecule has 100 valence electrons. The zero-order valence-electron chi connectivity index (χ0n) is 10.6. The molecule has 0 amide bonds. The highest BCUT2D eigenvalue weighted by molar-refractivity contribution is 5.51. The van der Waals surface area contributed by atoms with Crippen LogP contribution in [0.25, 0.3) is 0 Å². The van der Waals surface area contributed by atoms with Crippen LogP contribution in [0.1, 0.15) is 17.2 Å². The molecular formula is C14H16FN3O. The molecule has 4 nitrogen and oxygen atoms in total. The topological polar surface area (TPSA) is 73.3 Å². The Labute approximate surface area is 111 Å². The smallest absolute Gasteiger partial charge is 0.165 e. The second kappa shape index (κ2) is 5.69. The van der Waals surface area contributed by atoms with Crippen LogP contribution >= 0.6 is 0 Å². The Morgan fingerprint density at radius 1 is 1.21 bits per heavy atom. The van der Waals surface area contributed by atoms with Crippen molar-refractivity contribution in [3.63, 3.8) is 0 Å². The van der Waals surface area contributed by atoms with Crippen LogP contribution in [0.3, 0.4) is 0 Å². The summed E-state index contributed by atoms with van der Waals surface area (Å²) in [5.41, 5.74) is 10.6. The molecule has 0 saturated heterocycles. The van der Waals surface area contributed by atoms with Crippen molar-refractivity contribution in [1.82, 2.24) is 5.43 Å². The first-order valence-electron chi connectivity index (χ1n) is 5.81. The molecule has 0 radical (unpaired) electrons. The van der Waals surface area contributed by atoms with Crippen molar-refractivity contribution < 1.29 is 9.13 Å². The quantitative estimate of drug-likeness (QED) is 0.447. The Hall–Kier alpha value is -2.11. The molecule has 0 saturated carbocycles. The SMILES string of the molecule is COc1ccc(C(NN)c2ccccc2N)cc1F. The van der Waals surface area contributed by atoms with Gasteiger partial charge in [-0.2, -0.15) is 0 Å². The summed E-state index contributed by atoms with van der Waals surface area (Å²) in [5.74, 6) is 5.33. The van der Waals surface area contributed by atoms with Crippen LogP contribution in [0.2, 0.25) is 0 Å². The van der Waals surface area contributed by atoms with E-state index >= 15 is 0 Å². The molecule has 1 atom stereocenters. The molecule has 19 heavy (non-hydrogen) atoms. The Bertz CT molecular complexity index is 574. The maximum absolute atomic E-state index is 13.7. The number of para-hydroxylation sites is 1. The lowest BCUT2D eigenvalue weighted by atomic mass is 9.97. The van der Waals surface area contributed by atoms with E-state index in [1.807, 2.05) is 18.2 Å². The number of hydrogen-bond donors (Lipinski definition) is 3. The van der Waals surface area contributed by atoms with Gasteiger partial charge in [0.2, 0.25) is 0 Å². The number of nitrogen functional groups attached to an aromatic ring is 1. The molecule has 0 spiro atoms. The van der Waals surface area contributed by atoms with Gasteiger partial charge in [0.05, 0.1) is 13.2 Å². The minimum absolute atomic E-state index is 0.195. The lowest BCUT2D eigenvalue weighted by molar-refractivity contribution is 0.385. The highest BCUT2D eigenvalue weighted by Crippen LogP contribution is 2.28. The predicted octanol–water partition coefficient (Wildman–Crippen LogP) is 1.97. The van der Waals surface area contributed by atoms with Gasteiger partial charge in [-0.3, -0.25) is 5.84 Å². The largest absolute Gasteiger partial charge is 0.494 e. The Kier molecular flexibility index (Phi) is 3.99. The summed E-state index contributed by atoms with van der Waals surface area (Å²) in [7, 11) is 1.42. The summed E-state index contributed by atoms with van der Waals surface area (Å²) < 4.78 is 18.6. The first-order chi connectivity index (χ1) is 9.17. The number of anilines is 1. The van der Waals surface area contributed by atoms with Gasteiger partial charge in [-0.05, 0) is 29.3 Å². The molecular weight excluding hydrogens is 245 g/mol. The van der Waals surface area contributed by atoms with Gasteiger partial charge in [0.1, 0.15) is 0 Å². The van der Waals surface area contributed by atoms with Crippen molar-refractivity contribution in [1.29, 1.82) is 0 Å². The molecule has 0 aromatic heterocycles. The van der Waals surface area contributed by atoms with E-state index in [0.29, 0.717) is 11.3 Å². The average Bonchev–Trinajstić information content (AvgIpc) is 2.42. The van der Waals surface area contributed by atoms with Crippen LogP contribution in [0.5, 0.6) is 5.75 Å². The van der Waals surface area contributed by atoms with Crippen molar-refractivity contribution in [2.75, 3.05) is 12.8 Å². The zero-order valence-corrected chi connectivity index (χ0v) is 10.6. The monoisotopic (exact) mass is 261 g/mol. The first kappa shape index (κ1) is 13.3. The molecule has 5 N–H and O–H groups in total. The minimum Gasteiger partial charge on any atom is -0.494 e. The Morgan fingerprint density at radius 3 is 2.53 bits per heavy atom. The van der Waals surface area contributed by atoms with Crippen LogP contribution < -0.4 is 21.7 Å². The molecule has 0 fully saturated rings. The van der Waals surface area contributed by atoms with Crippen LogP contribution in [-0.2, 0) is 0 Å². The maximum atomic E-state index is 13.7. The first-order valence-corrected chi connectivity index (χ1v) is 5.81. The zero-order chi connectivity index (χ0) is 13.8. The van der Waals surface area contributed by atoms with E-state index < -0.39 is 5.82 Å². The third-order valence-electron chi connectivity index (χ3n) is 2.98. The van der Waals surface area contributed by atoms with Gasteiger partial charge in [-0.25, -0.2) is 9.82 Å². The van der Waals surface area contributed by atoms with Crippen molar-refractivity contribution in [2.45, 2.75) is 6.04 Å². The van der Waals surface area contributed by atoms with Gasteiger partial charge in [-0.15, -0.1) is 0 Å². The van der Waals surface area contributed by atoms with Crippen molar-refractivity contribution >= 4 is 5.69 Å². The predicted molar refractivity (Wildman–Crippen MR) is 73.0 cm³/mol. The number of hydrazine groups is 1. The summed E-state index contributed by atoms with van der Waals surface area (Å²) in [6.45, 7) is 0. The number of methoxy groups -OCH3 is 1. The summed E-state index contributed by atoms with van der Waals surface area (Å²) in [6, 6.07) is 11.6. The molecule has 2 aromatic rings. The summed E-state index contributed by atoms with van der Waals surface area (Å²) >= 11 is 0. The number of halogens is 1.